The number of carbonyl (C=O) groups excluding carboxylic acids is 1. The number of carbonyl (C=O) groups is 1. The first-order valence-electron chi connectivity index (χ1n) is 4.30. The molecule has 4 heteroatoms. The number of hydrogen-bond acceptors (Lipinski definition) is 4. The summed E-state index contributed by atoms with van der Waals surface area (Å²) in [7, 11) is 1.38. The Balaban J connectivity index is 2.41. The molecule has 0 aliphatic carbocycles. The summed E-state index contributed by atoms with van der Waals surface area (Å²) in [6.07, 6.45) is 2.61. The van der Waals surface area contributed by atoms with Crippen molar-refractivity contribution in [2.45, 2.75) is 18.5 Å². The first-order chi connectivity index (χ1) is 6.27. The first kappa shape index (κ1) is 10.2. The fourth-order valence-corrected chi connectivity index (χ4v) is 1.32. The van der Waals surface area contributed by atoms with Crippen molar-refractivity contribution in [3.05, 3.63) is 12.7 Å². The van der Waals surface area contributed by atoms with Crippen LogP contribution in [0.5, 0.6) is 0 Å². The fraction of sp³-hybridized carbons (Fsp3) is 0.667. The summed E-state index contributed by atoms with van der Waals surface area (Å²) in [5.41, 5.74) is 0. The highest BCUT2D eigenvalue weighted by atomic mass is 16.5. The molecule has 0 aromatic heterocycles. The molecular weight excluding hydrogens is 170 g/mol. The summed E-state index contributed by atoms with van der Waals surface area (Å²) in [4.78, 5) is 11.1. The largest absolute Gasteiger partial charge is 0.468 e. The summed E-state index contributed by atoms with van der Waals surface area (Å²) in [5, 5.41) is 3.13. The van der Waals surface area contributed by atoms with Crippen LogP contribution in [0.4, 0.5) is 0 Å². The molecule has 1 heterocycles. The second-order valence-corrected chi connectivity index (χ2v) is 3.00. The number of methoxy groups -OCH3 is 1. The van der Waals surface area contributed by atoms with Gasteiger partial charge in [-0.2, -0.15) is 0 Å². The number of rotatable bonds is 3. The van der Waals surface area contributed by atoms with Gasteiger partial charge in [0.15, 0.2) is 0 Å². The lowest BCUT2D eigenvalue weighted by Crippen LogP contribution is -2.52. The zero-order chi connectivity index (χ0) is 9.68. The molecule has 0 saturated carbocycles. The number of nitrogens with one attached hydrogen (secondary N) is 1. The van der Waals surface area contributed by atoms with E-state index in [1.807, 2.05) is 0 Å². The van der Waals surface area contributed by atoms with Crippen molar-refractivity contribution in [3.63, 3.8) is 0 Å². The highest BCUT2D eigenvalue weighted by molar-refractivity contribution is 5.75. The van der Waals surface area contributed by atoms with E-state index in [1.165, 1.54) is 7.11 Å². The molecule has 74 valence electrons. The second-order valence-electron chi connectivity index (χ2n) is 3.00. The smallest absolute Gasteiger partial charge is 0.325 e. The Morgan fingerprint density at radius 2 is 2.54 bits per heavy atom. The molecule has 0 unspecified atom stereocenters. The van der Waals surface area contributed by atoms with Crippen LogP contribution in [-0.2, 0) is 14.3 Å². The predicted molar refractivity (Wildman–Crippen MR) is 48.4 cm³/mol. The van der Waals surface area contributed by atoms with Gasteiger partial charge >= 0.3 is 5.97 Å². The van der Waals surface area contributed by atoms with Crippen LogP contribution in [0.15, 0.2) is 12.7 Å². The summed E-state index contributed by atoms with van der Waals surface area (Å²) in [6, 6.07) is -0.154. The average molecular weight is 185 g/mol. The minimum atomic E-state index is -0.330. The van der Waals surface area contributed by atoms with Gasteiger partial charge in [0.1, 0.15) is 6.04 Å². The van der Waals surface area contributed by atoms with Crippen LogP contribution < -0.4 is 5.32 Å². The lowest BCUT2D eigenvalue weighted by Gasteiger charge is -2.28. The zero-order valence-corrected chi connectivity index (χ0v) is 7.79. The van der Waals surface area contributed by atoms with Crippen LogP contribution >= 0.6 is 0 Å². The van der Waals surface area contributed by atoms with Crippen LogP contribution in [0.25, 0.3) is 0 Å². The van der Waals surface area contributed by atoms with Gasteiger partial charge in [-0.1, -0.05) is 6.08 Å². The van der Waals surface area contributed by atoms with Gasteiger partial charge in [0.25, 0.3) is 0 Å². The van der Waals surface area contributed by atoms with E-state index in [1.54, 1.807) is 6.08 Å². The quantitative estimate of drug-likeness (QED) is 0.500. The van der Waals surface area contributed by atoms with Gasteiger partial charge in [-0.15, -0.1) is 6.58 Å². The number of ether oxygens (including phenoxy) is 2. The Kier molecular flexibility index (Phi) is 3.92. The van der Waals surface area contributed by atoms with E-state index in [9.17, 15) is 4.79 Å². The molecule has 0 radical (unpaired) electrons. The number of hydrogen-bond donors (Lipinski definition) is 1. The average Bonchev–Trinajstić information content (AvgIpc) is 2.18. The molecule has 0 bridgehead atoms. The second kappa shape index (κ2) is 4.99. The molecule has 0 amide bonds. The third-order valence-electron chi connectivity index (χ3n) is 1.98. The molecule has 2 atom stereocenters. The van der Waals surface area contributed by atoms with Crippen LogP contribution in [-0.4, -0.2) is 38.4 Å². The third-order valence-corrected chi connectivity index (χ3v) is 1.98. The number of morpholine rings is 1. The van der Waals surface area contributed by atoms with E-state index < -0.39 is 0 Å². The van der Waals surface area contributed by atoms with Crippen molar-refractivity contribution in [2.24, 2.45) is 0 Å². The maximum absolute atomic E-state index is 11.1. The van der Waals surface area contributed by atoms with Gasteiger partial charge in [-0.3, -0.25) is 10.1 Å². The summed E-state index contributed by atoms with van der Waals surface area (Å²) in [5.74, 6) is -0.270. The van der Waals surface area contributed by atoms with Crippen molar-refractivity contribution in [1.82, 2.24) is 5.32 Å². The standard InChI is InChI=1S/C9H15NO3/c1-3-4-7-5-13-6-8(10-7)9(11)12-2/h3,7-8,10H,1,4-6H2,2H3/t7-,8-/m0/s1. The van der Waals surface area contributed by atoms with Gasteiger partial charge in [0.2, 0.25) is 0 Å². The highest BCUT2D eigenvalue weighted by Gasteiger charge is 2.26. The maximum Gasteiger partial charge on any atom is 0.325 e. The van der Waals surface area contributed by atoms with E-state index in [0.29, 0.717) is 13.2 Å². The lowest BCUT2D eigenvalue weighted by molar-refractivity contribution is -0.147. The van der Waals surface area contributed by atoms with Crippen molar-refractivity contribution >= 4 is 5.97 Å². The van der Waals surface area contributed by atoms with E-state index in [4.69, 9.17) is 4.74 Å². The van der Waals surface area contributed by atoms with E-state index >= 15 is 0 Å². The molecule has 0 spiro atoms. The molecule has 13 heavy (non-hydrogen) atoms. The number of esters is 1. The van der Waals surface area contributed by atoms with Crippen LogP contribution in [0.1, 0.15) is 6.42 Å². The summed E-state index contributed by atoms with van der Waals surface area (Å²) in [6.45, 7) is 4.65. The van der Waals surface area contributed by atoms with Crippen LogP contribution in [0.2, 0.25) is 0 Å². The van der Waals surface area contributed by atoms with Crippen molar-refractivity contribution in [1.29, 1.82) is 0 Å². The minimum absolute atomic E-state index is 0.176. The molecule has 1 rings (SSSR count). The zero-order valence-electron chi connectivity index (χ0n) is 7.79. The monoisotopic (exact) mass is 185 g/mol. The molecule has 4 nitrogen and oxygen atoms in total. The first-order valence-corrected chi connectivity index (χ1v) is 4.30. The van der Waals surface area contributed by atoms with E-state index in [0.717, 1.165) is 6.42 Å². The van der Waals surface area contributed by atoms with Crippen molar-refractivity contribution in [3.8, 4) is 0 Å². The topological polar surface area (TPSA) is 47.6 Å². The van der Waals surface area contributed by atoms with Crippen molar-refractivity contribution in [2.75, 3.05) is 20.3 Å². The Morgan fingerprint density at radius 3 is 3.15 bits per heavy atom. The molecular formula is C9H15NO3. The molecule has 0 aromatic rings. The fourth-order valence-electron chi connectivity index (χ4n) is 1.32. The molecule has 1 aliphatic rings. The van der Waals surface area contributed by atoms with Gasteiger partial charge in [0.05, 0.1) is 20.3 Å². The Labute approximate surface area is 77.9 Å². The van der Waals surface area contributed by atoms with Crippen LogP contribution in [0.3, 0.4) is 0 Å². The van der Waals surface area contributed by atoms with E-state index in [-0.39, 0.29) is 18.1 Å². The normalized spacial score (nSPS) is 28.1. The van der Waals surface area contributed by atoms with E-state index in [2.05, 4.69) is 16.6 Å². The molecule has 1 aliphatic heterocycles. The maximum atomic E-state index is 11.1. The minimum Gasteiger partial charge on any atom is -0.468 e. The van der Waals surface area contributed by atoms with Crippen LogP contribution in [0, 0.1) is 0 Å². The molecule has 1 N–H and O–H groups in total. The van der Waals surface area contributed by atoms with Crippen molar-refractivity contribution < 1.29 is 14.3 Å². The van der Waals surface area contributed by atoms with Gasteiger partial charge < -0.3 is 9.47 Å². The SMILES string of the molecule is C=CC[C@H]1COC[C@@H](C(=O)OC)N1. The molecule has 1 saturated heterocycles. The Hall–Kier alpha value is -0.870. The highest BCUT2D eigenvalue weighted by Crippen LogP contribution is 2.04. The van der Waals surface area contributed by atoms with Gasteiger partial charge in [-0.25, -0.2) is 0 Å². The summed E-state index contributed by atoms with van der Waals surface area (Å²) >= 11 is 0. The van der Waals surface area contributed by atoms with Gasteiger partial charge in [-0.05, 0) is 6.42 Å². The summed E-state index contributed by atoms with van der Waals surface area (Å²) < 4.78 is 9.87. The molecule has 1 fully saturated rings. The lowest BCUT2D eigenvalue weighted by atomic mass is 10.1. The van der Waals surface area contributed by atoms with Gasteiger partial charge in [0, 0.05) is 6.04 Å². The Morgan fingerprint density at radius 1 is 1.77 bits per heavy atom. The molecule has 0 aromatic carbocycles. The predicted octanol–water partition coefficient (Wildman–Crippen LogP) is 0.0925. The third kappa shape index (κ3) is 2.82. The Bertz CT molecular complexity index is 193.